The van der Waals surface area contributed by atoms with E-state index < -0.39 is 5.60 Å². The molecule has 2 saturated heterocycles. The molecule has 1 saturated carbocycles. The lowest BCUT2D eigenvalue weighted by molar-refractivity contribution is -0.0555. The number of aryl methyl sites for hydroxylation is 1. The fourth-order valence-corrected chi connectivity index (χ4v) is 6.31. The second kappa shape index (κ2) is 8.80. The van der Waals surface area contributed by atoms with E-state index in [0.29, 0.717) is 30.5 Å². The number of hydrogen-bond donors (Lipinski definition) is 1. The first-order chi connectivity index (χ1) is 16.9. The lowest BCUT2D eigenvalue weighted by Gasteiger charge is -2.44. The van der Waals surface area contributed by atoms with Crippen LogP contribution >= 0.6 is 11.6 Å². The molecule has 35 heavy (non-hydrogen) atoms. The smallest absolute Gasteiger partial charge is 0.407 e. The Morgan fingerprint density at radius 1 is 1.23 bits per heavy atom. The Kier molecular flexibility index (Phi) is 5.74. The first-order valence-corrected chi connectivity index (χ1v) is 12.7. The van der Waals surface area contributed by atoms with Gasteiger partial charge in [-0.25, -0.2) is 4.79 Å². The third-order valence-electron chi connectivity index (χ3n) is 7.89. The molecule has 0 radical (unpaired) electrons. The quantitative estimate of drug-likeness (QED) is 0.657. The van der Waals surface area contributed by atoms with Crippen LogP contribution in [-0.2, 0) is 29.5 Å². The van der Waals surface area contributed by atoms with Crippen molar-refractivity contribution in [2.24, 2.45) is 13.0 Å². The molecule has 1 aromatic carbocycles. The van der Waals surface area contributed by atoms with Gasteiger partial charge in [-0.05, 0) is 36.0 Å². The molecule has 2 aromatic rings. The molecule has 1 N–H and O–H groups in total. The highest BCUT2D eigenvalue weighted by Gasteiger charge is 2.52. The van der Waals surface area contributed by atoms with Crippen LogP contribution in [0.2, 0.25) is 5.02 Å². The number of aromatic nitrogens is 2. The number of carbonyl (C=O) groups excluding carboxylic acids is 2. The number of carbonyl (C=O) groups is 2. The van der Waals surface area contributed by atoms with Gasteiger partial charge in [0.2, 0.25) is 0 Å². The molecule has 1 aliphatic carbocycles. The minimum atomic E-state index is -0.399. The largest absolute Gasteiger partial charge is 0.441 e. The van der Waals surface area contributed by atoms with E-state index in [-0.39, 0.29) is 18.0 Å². The van der Waals surface area contributed by atoms with Gasteiger partial charge in [-0.1, -0.05) is 23.7 Å². The van der Waals surface area contributed by atoms with Crippen molar-refractivity contribution in [3.05, 3.63) is 51.8 Å². The van der Waals surface area contributed by atoms with Gasteiger partial charge >= 0.3 is 6.09 Å². The van der Waals surface area contributed by atoms with Gasteiger partial charge in [-0.15, -0.1) is 0 Å². The standard InChI is InChI=1S/C25H30ClN5O4/c1-29-22(20(26)12-28-29)9-21-19-8-16(13-30-4-6-34-7-5-30)2-3-18(19)23(32)31(21)14-17-10-25(11-17)15-27-24(33)35-25/h2-3,8,12,17,21H,4-7,9-11,13-15H2,1H3,(H,27,33). The molecule has 1 unspecified atom stereocenters. The number of nitrogens with zero attached hydrogens (tertiary/aromatic N) is 4. The van der Waals surface area contributed by atoms with Crippen molar-refractivity contribution in [2.45, 2.75) is 37.5 Å². The third-order valence-corrected chi connectivity index (χ3v) is 8.21. The fourth-order valence-electron chi connectivity index (χ4n) is 6.07. The molecule has 1 spiro atoms. The first kappa shape index (κ1) is 22.8. The van der Waals surface area contributed by atoms with Gasteiger partial charge in [0.25, 0.3) is 5.91 Å². The molecular formula is C25H30ClN5O4. The average molecular weight is 500 g/mol. The number of hydrogen-bond acceptors (Lipinski definition) is 6. The first-order valence-electron chi connectivity index (χ1n) is 12.3. The highest BCUT2D eigenvalue weighted by atomic mass is 35.5. The zero-order valence-electron chi connectivity index (χ0n) is 19.8. The molecule has 1 atom stereocenters. The van der Waals surface area contributed by atoms with Crippen molar-refractivity contribution in [1.29, 1.82) is 0 Å². The lowest BCUT2D eigenvalue weighted by Crippen LogP contribution is -2.51. The van der Waals surface area contributed by atoms with Crippen molar-refractivity contribution in [1.82, 2.24) is 24.9 Å². The van der Waals surface area contributed by atoms with E-state index in [2.05, 4.69) is 27.4 Å². The highest BCUT2D eigenvalue weighted by molar-refractivity contribution is 6.31. The van der Waals surface area contributed by atoms with E-state index in [1.165, 1.54) is 5.56 Å². The normalized spacial score (nSPS) is 28.2. The number of nitrogens with one attached hydrogen (secondary N) is 1. The minimum absolute atomic E-state index is 0.0590. The van der Waals surface area contributed by atoms with Gasteiger partial charge in [0, 0.05) is 45.2 Å². The third kappa shape index (κ3) is 4.19. The number of benzene rings is 1. The van der Waals surface area contributed by atoms with Crippen LogP contribution in [0, 0.1) is 5.92 Å². The molecule has 186 valence electrons. The monoisotopic (exact) mass is 499 g/mol. The molecule has 3 aliphatic heterocycles. The molecule has 9 nitrogen and oxygen atoms in total. The van der Waals surface area contributed by atoms with Gasteiger partial charge in [0.1, 0.15) is 5.60 Å². The molecule has 4 aliphatic rings. The van der Waals surface area contributed by atoms with Crippen LogP contribution in [0.25, 0.3) is 0 Å². The van der Waals surface area contributed by atoms with E-state index in [4.69, 9.17) is 21.1 Å². The predicted octanol–water partition coefficient (Wildman–Crippen LogP) is 2.53. The minimum Gasteiger partial charge on any atom is -0.441 e. The number of ether oxygens (including phenoxy) is 2. The van der Waals surface area contributed by atoms with E-state index in [0.717, 1.165) is 62.5 Å². The average Bonchev–Trinajstić information content (AvgIpc) is 3.45. The van der Waals surface area contributed by atoms with Crippen LogP contribution in [-0.4, -0.2) is 76.6 Å². The van der Waals surface area contributed by atoms with Crippen molar-refractivity contribution >= 4 is 23.6 Å². The molecule has 0 bridgehead atoms. The Balaban J connectivity index is 1.25. The number of amides is 2. The maximum Gasteiger partial charge on any atom is 0.407 e. The van der Waals surface area contributed by atoms with Crippen LogP contribution in [0.5, 0.6) is 0 Å². The van der Waals surface area contributed by atoms with Gasteiger partial charge in [0.05, 0.1) is 42.7 Å². The van der Waals surface area contributed by atoms with E-state index in [1.807, 2.05) is 18.0 Å². The van der Waals surface area contributed by atoms with Crippen LogP contribution in [0.3, 0.4) is 0 Å². The van der Waals surface area contributed by atoms with Crippen LogP contribution < -0.4 is 5.32 Å². The fraction of sp³-hybridized carbons (Fsp3) is 0.560. The van der Waals surface area contributed by atoms with Gasteiger partial charge < -0.3 is 19.7 Å². The number of morpholine rings is 1. The summed E-state index contributed by atoms with van der Waals surface area (Å²) in [6.07, 6.45) is 3.46. The summed E-state index contributed by atoms with van der Waals surface area (Å²) in [7, 11) is 1.88. The van der Waals surface area contributed by atoms with Crippen molar-refractivity contribution in [3.8, 4) is 0 Å². The van der Waals surface area contributed by atoms with Crippen molar-refractivity contribution in [3.63, 3.8) is 0 Å². The lowest BCUT2D eigenvalue weighted by atomic mass is 9.70. The molecule has 2 amide bonds. The number of halogens is 1. The van der Waals surface area contributed by atoms with E-state index >= 15 is 0 Å². The summed E-state index contributed by atoms with van der Waals surface area (Å²) < 4.78 is 12.8. The summed E-state index contributed by atoms with van der Waals surface area (Å²) >= 11 is 6.47. The molecule has 3 fully saturated rings. The Morgan fingerprint density at radius 2 is 2.03 bits per heavy atom. The summed E-state index contributed by atoms with van der Waals surface area (Å²) in [5, 5.41) is 7.68. The summed E-state index contributed by atoms with van der Waals surface area (Å²) in [6, 6.07) is 6.14. The molecular weight excluding hydrogens is 470 g/mol. The SMILES string of the molecule is Cn1ncc(Cl)c1CC1c2cc(CN3CCOCC3)ccc2C(=O)N1CC1CC2(CNC(=O)O2)C1. The molecule has 4 heterocycles. The zero-order valence-corrected chi connectivity index (χ0v) is 20.6. The van der Waals surface area contributed by atoms with Gasteiger partial charge in [-0.3, -0.25) is 14.4 Å². The number of alkyl carbamates (subject to hydrolysis) is 1. The Bertz CT molecular complexity index is 1140. The second-order valence-corrected chi connectivity index (χ2v) is 10.7. The summed E-state index contributed by atoms with van der Waals surface area (Å²) in [5.74, 6) is 0.349. The van der Waals surface area contributed by atoms with Crippen LogP contribution in [0.4, 0.5) is 4.79 Å². The summed E-state index contributed by atoms with van der Waals surface area (Å²) in [5.41, 5.74) is 3.54. The van der Waals surface area contributed by atoms with Gasteiger partial charge in [-0.2, -0.15) is 5.10 Å². The second-order valence-electron chi connectivity index (χ2n) is 10.3. The van der Waals surface area contributed by atoms with Crippen molar-refractivity contribution in [2.75, 3.05) is 39.4 Å². The number of fused-ring (bicyclic) bond motifs is 1. The molecule has 10 heteroatoms. The summed E-state index contributed by atoms with van der Waals surface area (Å²) in [6.45, 7) is 5.37. The molecule has 1 aromatic heterocycles. The molecule has 6 rings (SSSR count). The highest BCUT2D eigenvalue weighted by Crippen LogP contribution is 2.46. The maximum absolute atomic E-state index is 13.6. The Morgan fingerprint density at radius 3 is 2.71 bits per heavy atom. The van der Waals surface area contributed by atoms with E-state index in [1.54, 1.807) is 10.9 Å². The zero-order chi connectivity index (χ0) is 24.2. The number of rotatable bonds is 6. The Labute approximate surface area is 209 Å². The maximum atomic E-state index is 13.6. The van der Waals surface area contributed by atoms with Gasteiger partial charge in [0.15, 0.2) is 0 Å². The van der Waals surface area contributed by atoms with E-state index in [9.17, 15) is 9.59 Å². The summed E-state index contributed by atoms with van der Waals surface area (Å²) in [4.78, 5) is 29.5. The topological polar surface area (TPSA) is 88.9 Å². The van der Waals surface area contributed by atoms with Crippen molar-refractivity contribution < 1.29 is 19.1 Å². The predicted molar refractivity (Wildman–Crippen MR) is 128 cm³/mol. The Hall–Kier alpha value is -2.62. The van der Waals surface area contributed by atoms with Crippen LogP contribution in [0.1, 0.15) is 46.1 Å². The van der Waals surface area contributed by atoms with Crippen LogP contribution in [0.15, 0.2) is 24.4 Å².